The minimum Gasteiger partial charge on any atom is -0.364 e. The molecule has 0 saturated heterocycles. The summed E-state index contributed by atoms with van der Waals surface area (Å²) in [5, 5.41) is 7.42. The third-order valence-corrected chi connectivity index (χ3v) is 6.11. The number of aromatic nitrogens is 2. The maximum absolute atomic E-state index is 13.3. The number of aryl methyl sites for hydroxylation is 2. The van der Waals surface area contributed by atoms with Gasteiger partial charge in [0.15, 0.2) is 10.8 Å². The minimum absolute atomic E-state index is 0.0343. The number of rotatable bonds is 6. The molecule has 0 fully saturated rings. The molecule has 2 aromatic carbocycles. The van der Waals surface area contributed by atoms with Crippen LogP contribution in [0.25, 0.3) is 22.2 Å². The summed E-state index contributed by atoms with van der Waals surface area (Å²) >= 11 is 1.17. The summed E-state index contributed by atoms with van der Waals surface area (Å²) in [6, 6.07) is 15.4. The number of nitrogens with two attached hydrogens (primary N) is 1. The van der Waals surface area contributed by atoms with Gasteiger partial charge in [-0.1, -0.05) is 41.7 Å². The Labute approximate surface area is 189 Å². The molecule has 0 saturated carbocycles. The molecular weight excluding hydrogens is 422 g/mol. The summed E-state index contributed by atoms with van der Waals surface area (Å²) in [5.74, 6) is -1.06. The van der Waals surface area contributed by atoms with Crippen molar-refractivity contribution in [3.05, 3.63) is 70.9 Å². The number of hydrogen-bond donors (Lipinski definition) is 3. The Kier molecular flexibility index (Phi) is 5.87. The molecule has 8 heteroatoms. The average molecular weight is 446 g/mol. The van der Waals surface area contributed by atoms with Crippen LogP contribution in [0.1, 0.15) is 38.9 Å². The molecule has 0 aliphatic heterocycles. The lowest BCUT2D eigenvalue weighted by atomic mass is 10.0. The van der Waals surface area contributed by atoms with Crippen LogP contribution >= 0.6 is 11.3 Å². The van der Waals surface area contributed by atoms with Gasteiger partial charge in [-0.2, -0.15) is 0 Å². The van der Waals surface area contributed by atoms with Crippen LogP contribution in [0.15, 0.2) is 48.5 Å². The number of carbonyl (C=O) groups excluding carboxylic acids is 2. The number of para-hydroxylation sites is 1. The lowest BCUT2D eigenvalue weighted by Gasteiger charge is -2.11. The van der Waals surface area contributed by atoms with Gasteiger partial charge in [-0.25, -0.2) is 9.97 Å². The number of fused-ring (bicyclic) bond motifs is 1. The van der Waals surface area contributed by atoms with Crippen LogP contribution in [0.2, 0.25) is 0 Å². The van der Waals surface area contributed by atoms with Crippen LogP contribution in [0.5, 0.6) is 0 Å². The second-order valence-corrected chi connectivity index (χ2v) is 8.42. The molecule has 0 radical (unpaired) electrons. The number of hydrogen-bond acceptors (Lipinski definition) is 6. The summed E-state index contributed by atoms with van der Waals surface area (Å²) in [6.45, 7) is 6.65. The van der Waals surface area contributed by atoms with Crippen molar-refractivity contribution < 1.29 is 9.59 Å². The maximum atomic E-state index is 13.3. The second-order valence-electron chi connectivity index (χ2n) is 7.42. The Hall–Kier alpha value is -3.78. The van der Waals surface area contributed by atoms with E-state index in [4.69, 9.17) is 10.7 Å². The highest BCUT2D eigenvalue weighted by atomic mass is 32.1. The monoisotopic (exact) mass is 445 g/mol. The summed E-state index contributed by atoms with van der Waals surface area (Å²) in [6.07, 6.45) is 0. The Bertz CT molecular complexity index is 1350. The van der Waals surface area contributed by atoms with Gasteiger partial charge in [0.05, 0.1) is 16.8 Å². The van der Waals surface area contributed by atoms with Gasteiger partial charge in [-0.05, 0) is 50.1 Å². The maximum Gasteiger partial charge on any atom is 0.270 e. The zero-order valence-corrected chi connectivity index (χ0v) is 18.8. The van der Waals surface area contributed by atoms with E-state index in [1.807, 2.05) is 50.2 Å². The molecule has 0 aliphatic carbocycles. The molecule has 0 bridgehead atoms. The van der Waals surface area contributed by atoms with E-state index in [0.717, 1.165) is 16.5 Å². The standard InChI is InChI=1S/C24H23N5O2S/c1-4-26-24-28-20(21(25)30)23(32-24)29-22(31)17-12-19(15-10-9-13(2)14(3)11-15)27-18-8-6-5-7-16(17)18/h5-12H,4H2,1-3H3,(H2,25,30)(H,26,28)(H,29,31). The van der Waals surface area contributed by atoms with E-state index in [1.54, 1.807) is 6.07 Å². The molecule has 4 N–H and O–H groups in total. The molecule has 0 aliphatic rings. The Morgan fingerprint density at radius 3 is 2.53 bits per heavy atom. The van der Waals surface area contributed by atoms with E-state index >= 15 is 0 Å². The summed E-state index contributed by atoms with van der Waals surface area (Å²) in [7, 11) is 0. The second kappa shape index (κ2) is 8.76. The number of primary amides is 1. The van der Waals surface area contributed by atoms with Crippen molar-refractivity contribution in [2.24, 2.45) is 5.73 Å². The van der Waals surface area contributed by atoms with Gasteiger partial charge in [0.25, 0.3) is 11.8 Å². The number of nitrogens with one attached hydrogen (secondary N) is 2. The van der Waals surface area contributed by atoms with Crippen molar-refractivity contribution in [2.45, 2.75) is 20.8 Å². The molecule has 0 atom stereocenters. The average Bonchev–Trinajstić information content (AvgIpc) is 3.17. The molecule has 0 unspecified atom stereocenters. The predicted octanol–water partition coefficient (Wildman–Crippen LogP) is 4.76. The van der Waals surface area contributed by atoms with Crippen LogP contribution in [0, 0.1) is 13.8 Å². The number of benzene rings is 2. The Balaban J connectivity index is 1.79. The van der Waals surface area contributed by atoms with E-state index in [0.29, 0.717) is 33.5 Å². The number of amides is 2. The summed E-state index contributed by atoms with van der Waals surface area (Å²) < 4.78 is 0. The molecule has 0 spiro atoms. The molecular formula is C24H23N5O2S. The molecule has 162 valence electrons. The molecule has 2 heterocycles. The van der Waals surface area contributed by atoms with Crippen LogP contribution < -0.4 is 16.4 Å². The SMILES string of the molecule is CCNc1nc(C(N)=O)c(NC(=O)c2cc(-c3ccc(C)c(C)c3)nc3ccccc23)s1. The smallest absolute Gasteiger partial charge is 0.270 e. The molecule has 32 heavy (non-hydrogen) atoms. The minimum atomic E-state index is -0.698. The van der Waals surface area contributed by atoms with Crippen molar-refractivity contribution in [3.63, 3.8) is 0 Å². The van der Waals surface area contributed by atoms with Crippen LogP contribution in [-0.4, -0.2) is 28.3 Å². The van der Waals surface area contributed by atoms with Gasteiger partial charge in [0.2, 0.25) is 0 Å². The topological polar surface area (TPSA) is 110 Å². The highest BCUT2D eigenvalue weighted by molar-refractivity contribution is 7.20. The molecule has 4 aromatic rings. The quantitative estimate of drug-likeness (QED) is 0.396. The van der Waals surface area contributed by atoms with Gasteiger partial charge in [0, 0.05) is 17.5 Å². The van der Waals surface area contributed by atoms with Gasteiger partial charge < -0.3 is 16.4 Å². The Morgan fingerprint density at radius 1 is 1.03 bits per heavy atom. The van der Waals surface area contributed by atoms with Gasteiger partial charge >= 0.3 is 0 Å². The first-order valence-corrected chi connectivity index (χ1v) is 11.0. The highest BCUT2D eigenvalue weighted by Gasteiger charge is 2.20. The third-order valence-electron chi connectivity index (χ3n) is 5.18. The molecule has 4 rings (SSSR count). The van der Waals surface area contributed by atoms with Crippen molar-refractivity contribution in [3.8, 4) is 11.3 Å². The van der Waals surface area contributed by atoms with E-state index in [2.05, 4.69) is 28.6 Å². The van der Waals surface area contributed by atoms with Crippen molar-refractivity contribution in [1.82, 2.24) is 9.97 Å². The van der Waals surface area contributed by atoms with Crippen LogP contribution in [0.3, 0.4) is 0 Å². The number of nitrogens with zero attached hydrogens (tertiary/aromatic N) is 2. The lowest BCUT2D eigenvalue weighted by Crippen LogP contribution is -2.18. The van der Waals surface area contributed by atoms with Crippen molar-refractivity contribution in [2.75, 3.05) is 17.2 Å². The largest absolute Gasteiger partial charge is 0.364 e. The van der Waals surface area contributed by atoms with E-state index < -0.39 is 5.91 Å². The van der Waals surface area contributed by atoms with Crippen LogP contribution in [0.4, 0.5) is 10.1 Å². The Morgan fingerprint density at radius 2 is 1.81 bits per heavy atom. The fourth-order valence-electron chi connectivity index (χ4n) is 3.38. The summed E-state index contributed by atoms with van der Waals surface area (Å²) in [5.41, 5.74) is 10.6. The first kappa shape index (κ1) is 21.5. The molecule has 2 amide bonds. The van der Waals surface area contributed by atoms with E-state index in [1.165, 1.54) is 16.9 Å². The normalized spacial score (nSPS) is 10.8. The predicted molar refractivity (Wildman–Crippen MR) is 129 cm³/mol. The zero-order chi connectivity index (χ0) is 22.8. The van der Waals surface area contributed by atoms with Gasteiger partial charge in [-0.3, -0.25) is 9.59 Å². The molecule has 7 nitrogen and oxygen atoms in total. The number of pyridine rings is 1. The lowest BCUT2D eigenvalue weighted by molar-refractivity contribution is 0.0997. The zero-order valence-electron chi connectivity index (χ0n) is 18.0. The van der Waals surface area contributed by atoms with Crippen molar-refractivity contribution >= 4 is 44.2 Å². The number of carbonyl (C=O) groups is 2. The fourth-order valence-corrected chi connectivity index (χ4v) is 4.31. The summed E-state index contributed by atoms with van der Waals surface area (Å²) in [4.78, 5) is 34.2. The highest BCUT2D eigenvalue weighted by Crippen LogP contribution is 2.31. The first-order chi connectivity index (χ1) is 15.4. The first-order valence-electron chi connectivity index (χ1n) is 10.2. The van der Waals surface area contributed by atoms with Crippen LogP contribution in [-0.2, 0) is 0 Å². The van der Waals surface area contributed by atoms with E-state index in [-0.39, 0.29) is 11.6 Å². The number of anilines is 2. The molecule has 2 aromatic heterocycles. The van der Waals surface area contributed by atoms with Crippen molar-refractivity contribution in [1.29, 1.82) is 0 Å². The number of thiazole rings is 1. The van der Waals surface area contributed by atoms with Gasteiger partial charge in [0.1, 0.15) is 5.00 Å². The fraction of sp³-hybridized carbons (Fsp3) is 0.167. The third kappa shape index (κ3) is 4.17. The van der Waals surface area contributed by atoms with E-state index in [9.17, 15) is 9.59 Å². The van der Waals surface area contributed by atoms with Gasteiger partial charge in [-0.15, -0.1) is 0 Å².